The molecule has 2 heterocycles. The van der Waals surface area contributed by atoms with Crippen molar-refractivity contribution < 1.29 is 54.4 Å². The lowest BCUT2D eigenvalue weighted by atomic mass is 9.33. The van der Waals surface area contributed by atoms with Gasteiger partial charge in [-0.3, -0.25) is 4.79 Å². The fraction of sp³-hybridized carbons (Fsp3) is 0.927. The van der Waals surface area contributed by atoms with Crippen LogP contribution in [0.3, 0.4) is 0 Å². The van der Waals surface area contributed by atoms with Gasteiger partial charge in [-0.2, -0.15) is 0 Å². The van der Waals surface area contributed by atoms with Gasteiger partial charge in [-0.15, -0.1) is 0 Å². The van der Waals surface area contributed by atoms with E-state index in [1.807, 2.05) is 0 Å². The van der Waals surface area contributed by atoms with E-state index in [0.29, 0.717) is 11.8 Å². The van der Waals surface area contributed by atoms with Gasteiger partial charge in [0.05, 0.1) is 24.2 Å². The van der Waals surface area contributed by atoms with Crippen LogP contribution < -0.4 is 0 Å². The Labute approximate surface area is 309 Å². The summed E-state index contributed by atoms with van der Waals surface area (Å²) in [4.78, 5) is 13.0. The SMILES string of the molecule is CC1OC(OC2CCC3(C)C(CCC4(C)C3CC=C3C5CC(C)(C)CCC5(C(=O)O)CCC34C)C2(C)C)C(O)C(O)C1OC1OCC(O)C(O)C1O. The van der Waals surface area contributed by atoms with Crippen LogP contribution in [0.2, 0.25) is 0 Å². The predicted molar refractivity (Wildman–Crippen MR) is 191 cm³/mol. The van der Waals surface area contributed by atoms with Crippen LogP contribution >= 0.6 is 0 Å². The number of allylic oxidation sites excluding steroid dienone is 2. The molecule has 0 amide bonds. The summed E-state index contributed by atoms with van der Waals surface area (Å²) in [6.45, 7) is 18.1. The monoisotopic (exact) mass is 734 g/mol. The van der Waals surface area contributed by atoms with E-state index < -0.39 is 66.7 Å². The summed E-state index contributed by atoms with van der Waals surface area (Å²) < 4.78 is 24.0. The largest absolute Gasteiger partial charge is 0.481 e. The van der Waals surface area contributed by atoms with Crippen molar-refractivity contribution in [3.63, 3.8) is 0 Å². The summed E-state index contributed by atoms with van der Waals surface area (Å²) in [6.07, 6.45) is 0.118. The van der Waals surface area contributed by atoms with Crippen LogP contribution in [0.4, 0.5) is 0 Å². The molecule has 11 heteroatoms. The van der Waals surface area contributed by atoms with Gasteiger partial charge in [0.25, 0.3) is 0 Å². The quantitative estimate of drug-likeness (QED) is 0.173. The number of fused-ring (bicyclic) bond motifs is 7. The fourth-order valence-electron chi connectivity index (χ4n) is 13.4. The molecule has 296 valence electrons. The Morgan fingerprint density at radius 2 is 1.46 bits per heavy atom. The van der Waals surface area contributed by atoms with Crippen LogP contribution in [0.25, 0.3) is 0 Å². The molecular weight excluding hydrogens is 668 g/mol. The third-order valence-corrected chi connectivity index (χ3v) is 16.8. The second kappa shape index (κ2) is 12.9. The lowest BCUT2D eigenvalue weighted by Crippen LogP contribution is -2.66. The molecule has 7 rings (SSSR count). The van der Waals surface area contributed by atoms with Gasteiger partial charge < -0.3 is 49.6 Å². The van der Waals surface area contributed by atoms with Crippen molar-refractivity contribution in [1.82, 2.24) is 0 Å². The van der Waals surface area contributed by atoms with Crippen molar-refractivity contribution in [2.75, 3.05) is 6.61 Å². The van der Waals surface area contributed by atoms with E-state index >= 15 is 0 Å². The molecule has 0 aromatic heterocycles. The first-order valence-electron chi connectivity index (χ1n) is 20.1. The minimum Gasteiger partial charge on any atom is -0.481 e. The van der Waals surface area contributed by atoms with Crippen LogP contribution in [0, 0.1) is 50.2 Å². The number of hydrogen-bond donors (Lipinski definition) is 6. The van der Waals surface area contributed by atoms with E-state index in [1.165, 1.54) is 5.57 Å². The average Bonchev–Trinajstić information content (AvgIpc) is 3.06. The maximum atomic E-state index is 13.0. The van der Waals surface area contributed by atoms with Crippen LogP contribution in [0.15, 0.2) is 11.6 Å². The van der Waals surface area contributed by atoms with E-state index in [4.69, 9.17) is 18.9 Å². The molecule has 17 atom stereocenters. The number of rotatable bonds is 5. The Kier molecular flexibility index (Phi) is 9.74. The molecule has 6 fully saturated rings. The standard InChI is InChI=1S/C41H66O11/c1-21-32(52-33-30(45)28(43)24(42)20-49-33)29(44)31(46)34(50-21)51-27-12-13-38(6)25(37(27,4)5)11-14-40(8)26(38)10-9-22-23-19-36(2,3)15-17-41(23,35(47)48)18-16-39(22,40)7/h9,21,23-34,42-46H,10-20H2,1-8H3,(H,47,48). The molecule has 52 heavy (non-hydrogen) atoms. The van der Waals surface area contributed by atoms with Gasteiger partial charge in [0, 0.05) is 0 Å². The van der Waals surface area contributed by atoms with Crippen molar-refractivity contribution in [3.05, 3.63) is 11.6 Å². The lowest BCUT2D eigenvalue weighted by molar-refractivity contribution is -0.356. The summed E-state index contributed by atoms with van der Waals surface area (Å²) in [5, 5.41) is 63.4. The summed E-state index contributed by atoms with van der Waals surface area (Å²) in [5.74, 6) is 0.265. The highest BCUT2D eigenvalue weighted by Crippen LogP contribution is 2.76. The molecule has 6 N–H and O–H groups in total. The first-order valence-corrected chi connectivity index (χ1v) is 20.1. The number of ether oxygens (including phenoxy) is 4. The number of carboxylic acid groups (broad SMARTS) is 1. The Balaban J connectivity index is 1.08. The van der Waals surface area contributed by atoms with Crippen molar-refractivity contribution >= 4 is 5.97 Å². The number of carbonyl (C=O) groups is 1. The molecule has 0 aromatic carbocycles. The van der Waals surface area contributed by atoms with E-state index in [-0.39, 0.29) is 45.7 Å². The molecule has 17 unspecified atom stereocenters. The zero-order chi connectivity index (χ0) is 38.0. The Morgan fingerprint density at radius 1 is 0.788 bits per heavy atom. The summed E-state index contributed by atoms with van der Waals surface area (Å²) in [5.41, 5.74) is 0.666. The summed E-state index contributed by atoms with van der Waals surface area (Å²) >= 11 is 0. The predicted octanol–water partition coefficient (Wildman–Crippen LogP) is 4.55. The molecule has 11 nitrogen and oxygen atoms in total. The number of hydrogen-bond acceptors (Lipinski definition) is 10. The zero-order valence-electron chi connectivity index (χ0n) is 32.6. The minimum absolute atomic E-state index is 0.0331. The first-order chi connectivity index (χ1) is 24.1. The van der Waals surface area contributed by atoms with E-state index in [2.05, 4.69) is 54.5 Å². The van der Waals surface area contributed by atoms with Crippen LogP contribution in [-0.2, 0) is 23.7 Å². The van der Waals surface area contributed by atoms with Gasteiger partial charge in [-0.25, -0.2) is 0 Å². The molecule has 0 radical (unpaired) electrons. The smallest absolute Gasteiger partial charge is 0.310 e. The van der Waals surface area contributed by atoms with Gasteiger partial charge in [0.2, 0.25) is 0 Å². The van der Waals surface area contributed by atoms with E-state index in [0.717, 1.165) is 64.2 Å². The number of aliphatic carboxylic acids is 1. The normalized spacial score (nSPS) is 54.1. The van der Waals surface area contributed by atoms with E-state index in [1.54, 1.807) is 6.92 Å². The van der Waals surface area contributed by atoms with Crippen LogP contribution in [0.5, 0.6) is 0 Å². The zero-order valence-corrected chi connectivity index (χ0v) is 32.6. The van der Waals surface area contributed by atoms with Crippen molar-refractivity contribution in [1.29, 1.82) is 0 Å². The van der Waals surface area contributed by atoms with Gasteiger partial charge in [-0.1, -0.05) is 60.1 Å². The number of carboxylic acids is 1. The molecule has 2 aliphatic heterocycles. The highest BCUT2D eigenvalue weighted by atomic mass is 16.7. The molecule has 4 saturated carbocycles. The van der Waals surface area contributed by atoms with E-state index in [9.17, 15) is 35.4 Å². The third kappa shape index (κ3) is 5.64. The molecule has 2 saturated heterocycles. The minimum atomic E-state index is -1.53. The maximum absolute atomic E-state index is 13.0. The first kappa shape index (κ1) is 39.1. The highest BCUT2D eigenvalue weighted by Gasteiger charge is 2.69. The second-order valence-electron chi connectivity index (χ2n) is 20.2. The second-order valence-corrected chi connectivity index (χ2v) is 20.2. The topological polar surface area (TPSA) is 175 Å². The highest BCUT2D eigenvalue weighted by molar-refractivity contribution is 5.76. The molecule has 5 aliphatic carbocycles. The van der Waals surface area contributed by atoms with Crippen molar-refractivity contribution in [2.45, 2.75) is 181 Å². The van der Waals surface area contributed by atoms with Gasteiger partial charge in [0.1, 0.15) is 36.6 Å². The molecule has 0 spiro atoms. The Hall–Kier alpha value is -1.15. The van der Waals surface area contributed by atoms with Gasteiger partial charge in [0.15, 0.2) is 12.6 Å². The molecule has 0 bridgehead atoms. The molecular formula is C41H66O11. The maximum Gasteiger partial charge on any atom is 0.310 e. The van der Waals surface area contributed by atoms with Gasteiger partial charge >= 0.3 is 5.97 Å². The number of aliphatic hydroxyl groups is 5. The average molecular weight is 735 g/mol. The number of aliphatic hydroxyl groups excluding tert-OH is 5. The van der Waals surface area contributed by atoms with Crippen LogP contribution in [0.1, 0.15) is 120 Å². The summed E-state index contributed by atoms with van der Waals surface area (Å²) in [7, 11) is 0. The molecule has 0 aromatic rings. The Bertz CT molecular complexity index is 1410. The van der Waals surface area contributed by atoms with Crippen LogP contribution in [-0.4, -0.2) is 105 Å². The Morgan fingerprint density at radius 3 is 2.15 bits per heavy atom. The summed E-state index contributed by atoms with van der Waals surface area (Å²) in [6, 6.07) is 0. The van der Waals surface area contributed by atoms with Crippen molar-refractivity contribution in [2.24, 2.45) is 50.2 Å². The van der Waals surface area contributed by atoms with Crippen molar-refractivity contribution in [3.8, 4) is 0 Å². The lowest BCUT2D eigenvalue weighted by Gasteiger charge is -2.71. The fourth-order valence-corrected chi connectivity index (χ4v) is 13.4. The third-order valence-electron chi connectivity index (χ3n) is 16.8. The van der Waals surface area contributed by atoms with Gasteiger partial charge in [-0.05, 0) is 116 Å². The molecule has 7 aliphatic rings.